The van der Waals surface area contributed by atoms with Crippen molar-refractivity contribution in [3.05, 3.63) is 45.7 Å². The number of hydrogen-bond acceptors (Lipinski definition) is 5. The van der Waals surface area contributed by atoms with Gasteiger partial charge >= 0.3 is 0 Å². The van der Waals surface area contributed by atoms with Gasteiger partial charge in [0.05, 0.1) is 28.5 Å². The minimum absolute atomic E-state index is 0.132. The summed E-state index contributed by atoms with van der Waals surface area (Å²) in [6.07, 6.45) is 1.68. The molecule has 20 heavy (non-hydrogen) atoms. The first kappa shape index (κ1) is 14.2. The van der Waals surface area contributed by atoms with E-state index in [1.165, 1.54) is 11.3 Å². The highest BCUT2D eigenvalue weighted by Crippen LogP contribution is 2.15. The van der Waals surface area contributed by atoms with Crippen LogP contribution >= 0.6 is 11.3 Å². The number of aryl methyl sites for hydroxylation is 1. The Hall–Kier alpha value is -2.23. The van der Waals surface area contributed by atoms with Crippen molar-refractivity contribution in [2.24, 2.45) is 5.73 Å². The van der Waals surface area contributed by atoms with Crippen molar-refractivity contribution in [3.63, 3.8) is 0 Å². The Morgan fingerprint density at radius 1 is 1.45 bits per heavy atom. The Kier molecular flexibility index (Phi) is 4.82. The molecule has 3 N–H and O–H groups in total. The number of rotatable bonds is 3. The second-order valence-corrected chi connectivity index (χ2v) is 5.03. The summed E-state index contributed by atoms with van der Waals surface area (Å²) >= 11 is 1.35. The molecule has 102 valence electrons. The molecule has 6 heteroatoms. The summed E-state index contributed by atoms with van der Waals surface area (Å²) in [5.41, 5.74) is 6.09. The normalized spacial score (nSPS) is 9.70. The Morgan fingerprint density at radius 2 is 2.30 bits per heavy atom. The van der Waals surface area contributed by atoms with Gasteiger partial charge in [0, 0.05) is 6.20 Å². The van der Waals surface area contributed by atoms with Gasteiger partial charge in [-0.3, -0.25) is 4.79 Å². The number of nitrogens with zero attached hydrogens (tertiary/aromatic N) is 2. The number of nitrogens with one attached hydrogen (secondary N) is 1. The van der Waals surface area contributed by atoms with Gasteiger partial charge < -0.3 is 11.1 Å². The van der Waals surface area contributed by atoms with E-state index in [2.05, 4.69) is 27.1 Å². The molecule has 2 aromatic heterocycles. The molecule has 5 nitrogen and oxygen atoms in total. The van der Waals surface area contributed by atoms with Crippen LogP contribution in [-0.2, 0) is 6.54 Å². The van der Waals surface area contributed by atoms with E-state index in [0.29, 0.717) is 23.8 Å². The summed E-state index contributed by atoms with van der Waals surface area (Å²) in [6, 6.07) is 5.35. The fourth-order valence-corrected chi connectivity index (χ4v) is 2.32. The zero-order chi connectivity index (χ0) is 14.4. The maximum atomic E-state index is 12.0. The highest BCUT2D eigenvalue weighted by atomic mass is 32.1. The van der Waals surface area contributed by atoms with E-state index in [0.717, 1.165) is 10.6 Å². The number of carbonyl (C=O) groups is 1. The predicted molar refractivity (Wildman–Crippen MR) is 78.2 cm³/mol. The quantitative estimate of drug-likeness (QED) is 0.828. The largest absolute Gasteiger partial charge is 0.346 e. The van der Waals surface area contributed by atoms with Gasteiger partial charge in [0.1, 0.15) is 5.82 Å². The van der Waals surface area contributed by atoms with Crippen LogP contribution in [0.25, 0.3) is 0 Å². The molecule has 0 aromatic carbocycles. The molecule has 0 radical (unpaired) electrons. The topological polar surface area (TPSA) is 80.9 Å². The first-order chi connectivity index (χ1) is 9.69. The molecule has 0 bridgehead atoms. The second kappa shape index (κ2) is 6.80. The number of thiophene rings is 1. The average Bonchev–Trinajstić information content (AvgIpc) is 2.91. The zero-order valence-electron chi connectivity index (χ0n) is 11.0. The fourth-order valence-electron chi connectivity index (χ4n) is 1.53. The van der Waals surface area contributed by atoms with Crippen LogP contribution in [0.3, 0.4) is 0 Å². The van der Waals surface area contributed by atoms with E-state index in [1.807, 2.05) is 13.0 Å². The molecule has 0 aliphatic rings. The number of aromatic nitrogens is 2. The van der Waals surface area contributed by atoms with E-state index in [-0.39, 0.29) is 5.91 Å². The molecule has 0 unspecified atom stereocenters. The van der Waals surface area contributed by atoms with E-state index >= 15 is 0 Å². The number of hydrogen-bond donors (Lipinski definition) is 2. The summed E-state index contributed by atoms with van der Waals surface area (Å²) < 4.78 is 0. The molecule has 0 aliphatic carbocycles. The van der Waals surface area contributed by atoms with Gasteiger partial charge in [-0.1, -0.05) is 11.8 Å². The third kappa shape index (κ3) is 3.88. The lowest BCUT2D eigenvalue weighted by atomic mass is 10.3. The monoisotopic (exact) mass is 286 g/mol. The third-order valence-corrected chi connectivity index (χ3v) is 3.41. The van der Waals surface area contributed by atoms with Gasteiger partial charge in [-0.2, -0.15) is 0 Å². The average molecular weight is 286 g/mol. The molecule has 0 spiro atoms. The van der Waals surface area contributed by atoms with Crippen molar-refractivity contribution in [2.45, 2.75) is 13.5 Å². The fraction of sp³-hybridized carbons (Fsp3) is 0.214. The van der Waals surface area contributed by atoms with Crippen LogP contribution in [-0.4, -0.2) is 22.4 Å². The van der Waals surface area contributed by atoms with Crippen LogP contribution in [0.5, 0.6) is 0 Å². The van der Waals surface area contributed by atoms with Crippen LogP contribution in [0.1, 0.15) is 26.1 Å². The summed E-state index contributed by atoms with van der Waals surface area (Å²) in [6.45, 7) is 2.50. The van der Waals surface area contributed by atoms with Crippen molar-refractivity contribution in [2.75, 3.05) is 6.54 Å². The van der Waals surface area contributed by atoms with Gasteiger partial charge in [0.15, 0.2) is 0 Å². The summed E-state index contributed by atoms with van der Waals surface area (Å²) in [7, 11) is 0. The highest BCUT2D eigenvalue weighted by Gasteiger charge is 2.08. The van der Waals surface area contributed by atoms with Gasteiger partial charge in [-0.05, 0) is 25.1 Å². The van der Waals surface area contributed by atoms with E-state index in [1.54, 1.807) is 18.3 Å². The Morgan fingerprint density at radius 3 is 3.05 bits per heavy atom. The lowest BCUT2D eigenvalue weighted by Gasteiger charge is -2.03. The van der Waals surface area contributed by atoms with Crippen LogP contribution in [0.15, 0.2) is 24.4 Å². The molecular weight excluding hydrogens is 272 g/mol. The van der Waals surface area contributed by atoms with Crippen LogP contribution in [0.2, 0.25) is 0 Å². The number of nitrogens with two attached hydrogens (primary N) is 1. The molecular formula is C14H14N4OS. The van der Waals surface area contributed by atoms with Crippen molar-refractivity contribution >= 4 is 17.2 Å². The molecule has 0 fully saturated rings. The van der Waals surface area contributed by atoms with Crippen molar-refractivity contribution in [1.29, 1.82) is 0 Å². The maximum Gasteiger partial charge on any atom is 0.261 e. The zero-order valence-corrected chi connectivity index (χ0v) is 11.8. The predicted octanol–water partition coefficient (Wildman–Crippen LogP) is 1.09. The molecule has 0 saturated carbocycles. The Balaban J connectivity index is 1.96. The number of amides is 1. The van der Waals surface area contributed by atoms with E-state index in [9.17, 15) is 4.79 Å². The summed E-state index contributed by atoms with van der Waals surface area (Å²) in [5, 5.41) is 2.82. The van der Waals surface area contributed by atoms with Crippen molar-refractivity contribution in [1.82, 2.24) is 15.3 Å². The molecule has 0 atom stereocenters. The third-order valence-electron chi connectivity index (χ3n) is 2.41. The van der Waals surface area contributed by atoms with Gasteiger partial charge in [0.25, 0.3) is 5.91 Å². The minimum Gasteiger partial charge on any atom is -0.346 e. The standard InChI is InChI=1S/C14H14N4OS/c1-10-16-8-6-11(18-10)9-17-14(19)13-5-4-12(20-13)3-2-7-15/h4-6,8H,7,9,15H2,1H3,(H,17,19). The smallest absolute Gasteiger partial charge is 0.261 e. The minimum atomic E-state index is -0.132. The Bertz CT molecular complexity index is 669. The van der Waals surface area contributed by atoms with Crippen LogP contribution in [0, 0.1) is 18.8 Å². The highest BCUT2D eigenvalue weighted by molar-refractivity contribution is 7.14. The first-order valence-electron chi connectivity index (χ1n) is 6.04. The lowest BCUT2D eigenvalue weighted by molar-refractivity contribution is 0.0954. The first-order valence-corrected chi connectivity index (χ1v) is 6.86. The summed E-state index contributed by atoms with van der Waals surface area (Å²) in [4.78, 5) is 21.7. The molecule has 1 amide bonds. The molecule has 2 aromatic rings. The SMILES string of the molecule is Cc1nccc(CNC(=O)c2ccc(C#CCN)s2)n1. The van der Waals surface area contributed by atoms with Crippen LogP contribution < -0.4 is 11.1 Å². The lowest BCUT2D eigenvalue weighted by Crippen LogP contribution is -2.22. The van der Waals surface area contributed by atoms with E-state index < -0.39 is 0 Å². The van der Waals surface area contributed by atoms with Crippen LogP contribution in [0.4, 0.5) is 0 Å². The van der Waals surface area contributed by atoms with Gasteiger partial charge in [-0.25, -0.2) is 9.97 Å². The number of carbonyl (C=O) groups excluding carboxylic acids is 1. The van der Waals surface area contributed by atoms with Crippen molar-refractivity contribution in [3.8, 4) is 11.8 Å². The Labute approximate surface area is 121 Å². The van der Waals surface area contributed by atoms with Gasteiger partial charge in [0.2, 0.25) is 0 Å². The van der Waals surface area contributed by atoms with Crippen molar-refractivity contribution < 1.29 is 4.79 Å². The molecule has 0 saturated heterocycles. The second-order valence-electron chi connectivity index (χ2n) is 3.95. The molecule has 0 aliphatic heterocycles. The maximum absolute atomic E-state index is 12.0. The molecule has 2 rings (SSSR count). The molecule has 2 heterocycles. The van der Waals surface area contributed by atoms with E-state index in [4.69, 9.17) is 5.73 Å². The summed E-state index contributed by atoms with van der Waals surface area (Å²) in [5.74, 6) is 6.22. The van der Waals surface area contributed by atoms with Gasteiger partial charge in [-0.15, -0.1) is 11.3 Å².